The summed E-state index contributed by atoms with van der Waals surface area (Å²) in [7, 11) is 0. The minimum Gasteiger partial charge on any atom is -0.385 e. The van der Waals surface area contributed by atoms with Gasteiger partial charge in [0.2, 0.25) is 0 Å². The first kappa shape index (κ1) is 16.3. The number of nitriles is 1. The van der Waals surface area contributed by atoms with Gasteiger partial charge in [0.1, 0.15) is 0 Å². The number of carbonyl (C=O) groups excluding carboxylic acids is 1. The van der Waals surface area contributed by atoms with Gasteiger partial charge < -0.3 is 10.2 Å². The summed E-state index contributed by atoms with van der Waals surface area (Å²) < 4.78 is 0. The lowest BCUT2D eigenvalue weighted by atomic mass is 10.1. The van der Waals surface area contributed by atoms with Crippen LogP contribution in [0.15, 0.2) is 18.2 Å². The quantitative estimate of drug-likeness (QED) is 0.874. The highest BCUT2D eigenvalue weighted by Gasteiger charge is 2.19. The predicted molar refractivity (Wildman–Crippen MR) is 82.0 cm³/mol. The molecule has 0 aromatic heterocycles. The molecule has 1 N–H and O–H groups in total. The first-order chi connectivity index (χ1) is 9.53. The van der Waals surface area contributed by atoms with Gasteiger partial charge >= 0.3 is 0 Å². The largest absolute Gasteiger partial charge is 0.385 e. The van der Waals surface area contributed by atoms with Gasteiger partial charge in [0, 0.05) is 30.3 Å². The van der Waals surface area contributed by atoms with Crippen molar-refractivity contribution in [1.82, 2.24) is 4.90 Å². The molecule has 1 rings (SSSR count). The van der Waals surface area contributed by atoms with Gasteiger partial charge in [0.05, 0.1) is 17.6 Å². The average Bonchev–Trinajstić information content (AvgIpc) is 2.45. The lowest BCUT2D eigenvalue weighted by Gasteiger charge is -2.23. The Morgan fingerprint density at radius 3 is 2.75 bits per heavy atom. The van der Waals surface area contributed by atoms with Crippen LogP contribution in [0, 0.1) is 17.2 Å². The van der Waals surface area contributed by atoms with E-state index in [9.17, 15) is 4.79 Å². The van der Waals surface area contributed by atoms with E-state index < -0.39 is 0 Å². The molecule has 20 heavy (non-hydrogen) atoms. The predicted octanol–water partition coefficient (Wildman–Crippen LogP) is 3.39. The molecule has 0 aliphatic rings. The van der Waals surface area contributed by atoms with Crippen molar-refractivity contribution >= 4 is 23.2 Å². The molecule has 0 saturated heterocycles. The highest BCUT2D eigenvalue weighted by atomic mass is 35.5. The van der Waals surface area contributed by atoms with Crippen molar-refractivity contribution < 1.29 is 4.79 Å². The SMILES string of the molecule is CCNc1ccc(Cl)cc1C(=O)N(CC)CC(C)C#N. The summed E-state index contributed by atoms with van der Waals surface area (Å²) in [4.78, 5) is 14.3. The zero-order chi connectivity index (χ0) is 15.1. The molecule has 0 heterocycles. The second-order valence-electron chi connectivity index (χ2n) is 4.59. The summed E-state index contributed by atoms with van der Waals surface area (Å²) in [6, 6.07) is 7.38. The first-order valence-electron chi connectivity index (χ1n) is 6.75. The number of anilines is 1. The fraction of sp³-hybridized carbons (Fsp3) is 0.467. The molecule has 0 saturated carbocycles. The number of rotatable bonds is 6. The standard InChI is InChI=1S/C15H20ClN3O/c1-4-18-14-7-6-12(16)8-13(14)15(20)19(5-2)10-11(3)9-17/h6-8,11,18H,4-5,10H2,1-3H3. The second kappa shape index (κ2) is 7.76. The number of benzene rings is 1. The number of hydrogen-bond donors (Lipinski definition) is 1. The van der Waals surface area contributed by atoms with Gasteiger partial charge in [-0.2, -0.15) is 5.26 Å². The Morgan fingerprint density at radius 1 is 1.50 bits per heavy atom. The minimum atomic E-state index is -0.194. The Bertz CT molecular complexity index is 510. The molecular weight excluding hydrogens is 274 g/mol. The molecule has 1 aromatic rings. The minimum absolute atomic E-state index is 0.104. The van der Waals surface area contributed by atoms with Gasteiger partial charge in [0.25, 0.3) is 5.91 Å². The smallest absolute Gasteiger partial charge is 0.256 e. The highest BCUT2D eigenvalue weighted by Crippen LogP contribution is 2.22. The molecular formula is C15H20ClN3O. The van der Waals surface area contributed by atoms with Crippen molar-refractivity contribution in [2.45, 2.75) is 20.8 Å². The summed E-state index contributed by atoms with van der Waals surface area (Å²) in [5.74, 6) is -0.297. The molecule has 0 aliphatic heterocycles. The van der Waals surface area contributed by atoms with Crippen molar-refractivity contribution in [2.24, 2.45) is 5.92 Å². The molecule has 1 unspecified atom stereocenters. The summed E-state index contributed by atoms with van der Waals surface area (Å²) in [5, 5.41) is 12.6. The molecule has 5 heteroatoms. The summed E-state index contributed by atoms with van der Waals surface area (Å²) >= 11 is 5.99. The van der Waals surface area contributed by atoms with Crippen LogP contribution < -0.4 is 5.32 Å². The van der Waals surface area contributed by atoms with E-state index in [-0.39, 0.29) is 11.8 Å². The number of nitrogens with zero attached hydrogens (tertiary/aromatic N) is 2. The van der Waals surface area contributed by atoms with Crippen LogP contribution in [0.2, 0.25) is 5.02 Å². The van der Waals surface area contributed by atoms with E-state index in [1.54, 1.807) is 30.0 Å². The maximum absolute atomic E-state index is 12.6. The molecule has 1 amide bonds. The van der Waals surface area contributed by atoms with E-state index in [0.717, 1.165) is 12.2 Å². The molecule has 1 aromatic carbocycles. The average molecular weight is 294 g/mol. The van der Waals surface area contributed by atoms with Crippen molar-refractivity contribution in [3.63, 3.8) is 0 Å². The van der Waals surface area contributed by atoms with E-state index in [2.05, 4.69) is 11.4 Å². The fourth-order valence-electron chi connectivity index (χ4n) is 1.94. The second-order valence-corrected chi connectivity index (χ2v) is 5.03. The molecule has 0 bridgehead atoms. The molecule has 0 radical (unpaired) electrons. The molecule has 0 spiro atoms. The van der Waals surface area contributed by atoms with Crippen LogP contribution >= 0.6 is 11.6 Å². The van der Waals surface area contributed by atoms with Crippen LogP contribution in [-0.4, -0.2) is 30.4 Å². The molecule has 0 aliphatic carbocycles. The number of hydrogen-bond acceptors (Lipinski definition) is 3. The van der Waals surface area contributed by atoms with Crippen LogP contribution in [0.5, 0.6) is 0 Å². The van der Waals surface area contributed by atoms with Crippen LogP contribution in [0.1, 0.15) is 31.1 Å². The normalized spacial score (nSPS) is 11.6. The van der Waals surface area contributed by atoms with Crippen molar-refractivity contribution in [3.8, 4) is 6.07 Å². The number of nitrogens with one attached hydrogen (secondary N) is 1. The van der Waals surface area contributed by atoms with Crippen LogP contribution in [0.25, 0.3) is 0 Å². The lowest BCUT2D eigenvalue weighted by molar-refractivity contribution is 0.0753. The fourth-order valence-corrected chi connectivity index (χ4v) is 2.11. The van der Waals surface area contributed by atoms with E-state index in [4.69, 9.17) is 16.9 Å². The van der Waals surface area contributed by atoms with E-state index in [1.165, 1.54) is 0 Å². The lowest BCUT2D eigenvalue weighted by Crippen LogP contribution is -2.34. The summed E-state index contributed by atoms with van der Waals surface area (Å²) in [6.45, 7) is 7.38. The van der Waals surface area contributed by atoms with Gasteiger partial charge in [-0.15, -0.1) is 0 Å². The summed E-state index contributed by atoms with van der Waals surface area (Å²) in [5.41, 5.74) is 1.32. The first-order valence-corrected chi connectivity index (χ1v) is 7.13. The molecule has 1 atom stereocenters. The van der Waals surface area contributed by atoms with Gasteiger partial charge in [-0.1, -0.05) is 11.6 Å². The van der Waals surface area contributed by atoms with Crippen LogP contribution in [0.3, 0.4) is 0 Å². The van der Waals surface area contributed by atoms with Gasteiger partial charge in [-0.25, -0.2) is 0 Å². The Kier molecular flexibility index (Phi) is 6.33. The molecule has 0 fully saturated rings. The Balaban J connectivity index is 3.05. The molecule has 108 valence electrons. The van der Waals surface area contributed by atoms with Crippen molar-refractivity contribution in [3.05, 3.63) is 28.8 Å². The topological polar surface area (TPSA) is 56.1 Å². The van der Waals surface area contributed by atoms with Crippen LogP contribution in [-0.2, 0) is 0 Å². The summed E-state index contributed by atoms with van der Waals surface area (Å²) in [6.07, 6.45) is 0. The van der Waals surface area contributed by atoms with Gasteiger partial charge in [-0.3, -0.25) is 4.79 Å². The van der Waals surface area contributed by atoms with Crippen molar-refractivity contribution in [2.75, 3.05) is 25.0 Å². The van der Waals surface area contributed by atoms with E-state index in [1.807, 2.05) is 13.8 Å². The number of carbonyl (C=O) groups is 1. The zero-order valence-electron chi connectivity index (χ0n) is 12.1. The maximum atomic E-state index is 12.6. The Hall–Kier alpha value is -1.73. The molecule has 4 nitrogen and oxygen atoms in total. The highest BCUT2D eigenvalue weighted by molar-refractivity contribution is 6.31. The van der Waals surface area contributed by atoms with Crippen molar-refractivity contribution in [1.29, 1.82) is 5.26 Å². The van der Waals surface area contributed by atoms with Crippen LogP contribution in [0.4, 0.5) is 5.69 Å². The Labute approximate surface area is 125 Å². The third-order valence-corrected chi connectivity index (χ3v) is 3.20. The Morgan fingerprint density at radius 2 is 2.20 bits per heavy atom. The number of halogens is 1. The zero-order valence-corrected chi connectivity index (χ0v) is 12.9. The number of amides is 1. The van der Waals surface area contributed by atoms with Gasteiger partial charge in [0.15, 0.2) is 0 Å². The van der Waals surface area contributed by atoms with E-state index in [0.29, 0.717) is 23.7 Å². The third kappa shape index (κ3) is 4.14. The third-order valence-electron chi connectivity index (χ3n) is 2.96. The van der Waals surface area contributed by atoms with E-state index >= 15 is 0 Å². The monoisotopic (exact) mass is 293 g/mol. The maximum Gasteiger partial charge on any atom is 0.256 e. The van der Waals surface area contributed by atoms with Gasteiger partial charge in [-0.05, 0) is 39.0 Å².